The number of rotatable bonds is 4. The van der Waals surface area contributed by atoms with Crippen LogP contribution >= 0.6 is 11.8 Å². The third-order valence-corrected chi connectivity index (χ3v) is 3.38. The van der Waals surface area contributed by atoms with Gasteiger partial charge >= 0.3 is 5.97 Å². The van der Waals surface area contributed by atoms with Gasteiger partial charge in [-0.25, -0.2) is 5.10 Å². The molecule has 0 atom stereocenters. The van der Waals surface area contributed by atoms with E-state index in [1.165, 1.54) is 18.9 Å². The van der Waals surface area contributed by atoms with Crippen LogP contribution in [0.15, 0.2) is 29.1 Å². The van der Waals surface area contributed by atoms with Gasteiger partial charge in [0, 0.05) is 11.1 Å². The van der Waals surface area contributed by atoms with Crippen LogP contribution in [0.25, 0.3) is 10.8 Å². The minimum atomic E-state index is -0.270. The molecule has 0 radical (unpaired) electrons. The molecular formula is C12H12N2O3S. The molecule has 6 heteroatoms. The molecule has 0 spiro atoms. The maximum Gasteiger partial charge on any atom is 0.315 e. The first-order valence-electron chi connectivity index (χ1n) is 5.33. The Kier molecular flexibility index (Phi) is 3.99. The van der Waals surface area contributed by atoms with Gasteiger partial charge < -0.3 is 4.74 Å². The van der Waals surface area contributed by atoms with Crippen LogP contribution in [0.1, 0.15) is 5.69 Å². The van der Waals surface area contributed by atoms with Crippen molar-refractivity contribution < 1.29 is 9.53 Å². The number of thioether (sulfide) groups is 1. The van der Waals surface area contributed by atoms with Crippen molar-refractivity contribution in [3.05, 3.63) is 40.3 Å². The number of carbonyl (C=O) groups excluding carboxylic acids is 1. The van der Waals surface area contributed by atoms with E-state index in [0.717, 1.165) is 11.1 Å². The number of esters is 1. The number of nitrogens with one attached hydrogen (secondary N) is 1. The average molecular weight is 264 g/mol. The van der Waals surface area contributed by atoms with E-state index in [1.807, 2.05) is 18.2 Å². The predicted octanol–water partition coefficient (Wildman–Crippen LogP) is 1.33. The van der Waals surface area contributed by atoms with Crippen molar-refractivity contribution >= 4 is 28.5 Å². The molecule has 0 amide bonds. The molecule has 5 nitrogen and oxygen atoms in total. The Bertz CT molecular complexity index is 624. The molecular weight excluding hydrogens is 252 g/mol. The highest BCUT2D eigenvalue weighted by molar-refractivity contribution is 7.99. The predicted molar refractivity (Wildman–Crippen MR) is 70.5 cm³/mol. The SMILES string of the molecule is COC(=O)CSCc1n[nH]c(=O)c2ccccc12. The molecule has 1 heterocycles. The van der Waals surface area contributed by atoms with Gasteiger partial charge in [-0.2, -0.15) is 5.10 Å². The largest absolute Gasteiger partial charge is 0.468 e. The number of nitrogens with zero attached hydrogens (tertiary/aromatic N) is 1. The molecule has 1 aromatic carbocycles. The van der Waals surface area contributed by atoms with Crippen molar-refractivity contribution in [1.82, 2.24) is 10.2 Å². The van der Waals surface area contributed by atoms with E-state index < -0.39 is 0 Å². The lowest BCUT2D eigenvalue weighted by Gasteiger charge is -2.04. The summed E-state index contributed by atoms with van der Waals surface area (Å²) in [5.41, 5.74) is 0.562. The highest BCUT2D eigenvalue weighted by Gasteiger charge is 2.07. The Hall–Kier alpha value is -1.82. The van der Waals surface area contributed by atoms with Gasteiger partial charge in [0.1, 0.15) is 0 Å². The number of methoxy groups -OCH3 is 1. The van der Waals surface area contributed by atoms with E-state index in [1.54, 1.807) is 6.07 Å². The molecule has 0 saturated carbocycles. The fraction of sp³-hybridized carbons (Fsp3) is 0.250. The zero-order valence-electron chi connectivity index (χ0n) is 9.80. The van der Waals surface area contributed by atoms with E-state index >= 15 is 0 Å². The first-order valence-corrected chi connectivity index (χ1v) is 6.48. The van der Waals surface area contributed by atoms with Crippen molar-refractivity contribution in [2.24, 2.45) is 0 Å². The first kappa shape index (κ1) is 12.6. The lowest BCUT2D eigenvalue weighted by molar-refractivity contribution is -0.137. The van der Waals surface area contributed by atoms with Crippen LogP contribution in [0, 0.1) is 0 Å². The zero-order valence-corrected chi connectivity index (χ0v) is 10.6. The molecule has 0 aliphatic heterocycles. The van der Waals surface area contributed by atoms with Crippen LogP contribution in [-0.4, -0.2) is 29.0 Å². The van der Waals surface area contributed by atoms with E-state index in [0.29, 0.717) is 11.1 Å². The molecule has 0 aliphatic carbocycles. The summed E-state index contributed by atoms with van der Waals surface area (Å²) in [6.45, 7) is 0. The van der Waals surface area contributed by atoms with E-state index in [4.69, 9.17) is 0 Å². The van der Waals surface area contributed by atoms with Crippen LogP contribution in [0.4, 0.5) is 0 Å². The summed E-state index contributed by atoms with van der Waals surface area (Å²) in [5, 5.41) is 7.91. The Morgan fingerprint density at radius 3 is 2.83 bits per heavy atom. The maximum absolute atomic E-state index is 11.6. The number of benzene rings is 1. The Balaban J connectivity index is 2.21. The number of fused-ring (bicyclic) bond motifs is 1. The summed E-state index contributed by atoms with van der Waals surface area (Å²) in [5.74, 6) is 0.548. The standard InChI is InChI=1S/C12H12N2O3S/c1-17-11(15)7-18-6-10-8-4-2-3-5-9(8)12(16)14-13-10/h2-5H,6-7H2,1H3,(H,14,16). The Morgan fingerprint density at radius 1 is 1.39 bits per heavy atom. The normalized spacial score (nSPS) is 10.5. The number of aromatic nitrogens is 2. The zero-order chi connectivity index (χ0) is 13.0. The minimum absolute atomic E-state index is 0.202. The maximum atomic E-state index is 11.6. The van der Waals surface area contributed by atoms with Crippen molar-refractivity contribution in [2.45, 2.75) is 5.75 Å². The van der Waals surface area contributed by atoms with Crippen LogP contribution in [0.5, 0.6) is 0 Å². The lowest BCUT2D eigenvalue weighted by Crippen LogP contribution is -2.11. The molecule has 18 heavy (non-hydrogen) atoms. The molecule has 0 aliphatic rings. The topological polar surface area (TPSA) is 72.0 Å². The number of carbonyl (C=O) groups is 1. The molecule has 0 unspecified atom stereocenters. The highest BCUT2D eigenvalue weighted by atomic mass is 32.2. The third kappa shape index (κ3) is 2.70. The molecule has 0 fully saturated rings. The molecule has 1 N–H and O–H groups in total. The fourth-order valence-electron chi connectivity index (χ4n) is 1.57. The van der Waals surface area contributed by atoms with Gasteiger partial charge in [-0.1, -0.05) is 18.2 Å². The first-order chi connectivity index (χ1) is 8.72. The van der Waals surface area contributed by atoms with Gasteiger partial charge in [0.25, 0.3) is 5.56 Å². The summed E-state index contributed by atoms with van der Waals surface area (Å²) < 4.78 is 4.56. The van der Waals surface area contributed by atoms with E-state index in [2.05, 4.69) is 14.9 Å². The van der Waals surface area contributed by atoms with E-state index in [-0.39, 0.29) is 17.3 Å². The van der Waals surface area contributed by atoms with Gasteiger partial charge in [-0.15, -0.1) is 11.8 Å². The van der Waals surface area contributed by atoms with Crippen molar-refractivity contribution in [3.63, 3.8) is 0 Å². The number of aromatic amines is 1. The van der Waals surface area contributed by atoms with Crippen LogP contribution in [0.2, 0.25) is 0 Å². The van der Waals surface area contributed by atoms with Gasteiger partial charge in [0.2, 0.25) is 0 Å². The Morgan fingerprint density at radius 2 is 2.11 bits per heavy atom. The second kappa shape index (κ2) is 5.68. The second-order valence-electron chi connectivity index (χ2n) is 3.61. The molecule has 2 rings (SSSR count). The van der Waals surface area contributed by atoms with E-state index in [9.17, 15) is 9.59 Å². The molecule has 1 aromatic heterocycles. The van der Waals surface area contributed by atoms with Crippen molar-refractivity contribution in [3.8, 4) is 0 Å². The minimum Gasteiger partial charge on any atom is -0.468 e. The van der Waals surface area contributed by atoms with Gasteiger partial charge in [-0.3, -0.25) is 9.59 Å². The number of ether oxygens (including phenoxy) is 1. The Labute approximate surface area is 108 Å². The summed E-state index contributed by atoms with van der Waals surface area (Å²) >= 11 is 1.40. The summed E-state index contributed by atoms with van der Waals surface area (Å²) in [7, 11) is 1.36. The monoisotopic (exact) mass is 264 g/mol. The smallest absolute Gasteiger partial charge is 0.315 e. The number of hydrogen-bond acceptors (Lipinski definition) is 5. The summed E-state index contributed by atoms with van der Waals surface area (Å²) in [4.78, 5) is 22.6. The van der Waals surface area contributed by atoms with Crippen molar-refractivity contribution in [1.29, 1.82) is 0 Å². The number of H-pyrrole nitrogens is 1. The fourth-order valence-corrected chi connectivity index (χ4v) is 2.37. The molecule has 0 saturated heterocycles. The molecule has 0 bridgehead atoms. The summed E-state index contributed by atoms with van der Waals surface area (Å²) in [6.07, 6.45) is 0. The lowest BCUT2D eigenvalue weighted by atomic mass is 10.1. The van der Waals surface area contributed by atoms with Gasteiger partial charge in [-0.05, 0) is 6.07 Å². The van der Waals surface area contributed by atoms with Gasteiger partial charge in [0.15, 0.2) is 0 Å². The van der Waals surface area contributed by atoms with Crippen LogP contribution in [-0.2, 0) is 15.3 Å². The van der Waals surface area contributed by atoms with Crippen LogP contribution in [0.3, 0.4) is 0 Å². The third-order valence-electron chi connectivity index (χ3n) is 2.46. The number of hydrogen-bond donors (Lipinski definition) is 1. The van der Waals surface area contributed by atoms with Crippen LogP contribution < -0.4 is 5.56 Å². The summed E-state index contributed by atoms with van der Waals surface area (Å²) in [6, 6.07) is 7.27. The van der Waals surface area contributed by atoms with Crippen molar-refractivity contribution in [2.75, 3.05) is 12.9 Å². The molecule has 94 valence electrons. The quantitative estimate of drug-likeness (QED) is 0.843. The second-order valence-corrected chi connectivity index (χ2v) is 4.60. The highest BCUT2D eigenvalue weighted by Crippen LogP contribution is 2.17. The van der Waals surface area contributed by atoms with Gasteiger partial charge in [0.05, 0.1) is 23.9 Å². The molecule has 2 aromatic rings. The average Bonchev–Trinajstić information content (AvgIpc) is 2.41.